The van der Waals surface area contributed by atoms with Crippen LogP contribution < -0.4 is 15.2 Å². The van der Waals surface area contributed by atoms with Crippen LogP contribution in [-0.4, -0.2) is 117 Å². The van der Waals surface area contributed by atoms with Gasteiger partial charge in [-0.25, -0.2) is 9.52 Å². The maximum absolute atomic E-state index is 11.5. The highest BCUT2D eigenvalue weighted by Crippen LogP contribution is 2.08. The molecule has 0 heterocycles. The van der Waals surface area contributed by atoms with Gasteiger partial charge in [-0.2, -0.15) is 0 Å². The van der Waals surface area contributed by atoms with Crippen molar-refractivity contribution in [2.24, 2.45) is 5.73 Å². The largest absolute Gasteiger partial charge is 0.460 e. The highest BCUT2D eigenvalue weighted by molar-refractivity contribution is 7.96. The molecule has 0 aromatic heterocycles. The van der Waals surface area contributed by atoms with Gasteiger partial charge in [0.05, 0.1) is 85.7 Å². The summed E-state index contributed by atoms with van der Waals surface area (Å²) in [5.41, 5.74) is 4.75. The van der Waals surface area contributed by atoms with E-state index in [1.54, 1.807) is 0 Å². The maximum Gasteiger partial charge on any atom is 0.418 e. The lowest BCUT2D eigenvalue weighted by Crippen LogP contribution is -2.25. The van der Waals surface area contributed by atoms with Crippen molar-refractivity contribution in [1.82, 2.24) is 9.44 Å². The molecule has 0 aliphatic heterocycles. The molecule has 0 aliphatic carbocycles. The second kappa shape index (κ2) is 25.4. The van der Waals surface area contributed by atoms with Gasteiger partial charge in [-0.3, -0.25) is 9.52 Å². The van der Waals surface area contributed by atoms with Gasteiger partial charge >= 0.3 is 12.1 Å². The summed E-state index contributed by atoms with van der Waals surface area (Å²) in [6, 6.07) is 0. The van der Waals surface area contributed by atoms with Gasteiger partial charge in [-0.15, -0.1) is 0 Å². The number of nitrogens with two attached hydrogens (primary N) is 1. The number of carbonyl (C=O) groups is 2. The lowest BCUT2D eigenvalue weighted by molar-refractivity contribution is -0.156. The lowest BCUT2D eigenvalue weighted by Gasteiger charge is -2.19. The summed E-state index contributed by atoms with van der Waals surface area (Å²) in [6.45, 7) is 12.0. The number of hydrogen-bond donors (Lipinski definition) is 3. The quantitative estimate of drug-likeness (QED) is 0.0838. The van der Waals surface area contributed by atoms with Crippen LogP contribution in [0, 0.1) is 0 Å². The third-order valence-corrected chi connectivity index (χ3v) is 4.25. The zero-order chi connectivity index (χ0) is 26.7. The van der Waals surface area contributed by atoms with Crippen LogP contribution in [0.1, 0.15) is 27.2 Å². The van der Waals surface area contributed by atoms with E-state index < -0.39 is 11.7 Å². The molecule has 0 bridgehead atoms. The molecule has 0 saturated heterocycles. The molecule has 0 saturated carbocycles. The van der Waals surface area contributed by atoms with E-state index in [9.17, 15) is 9.59 Å². The fourth-order valence-electron chi connectivity index (χ4n) is 2.17. The van der Waals surface area contributed by atoms with Crippen LogP contribution in [0.25, 0.3) is 0 Å². The summed E-state index contributed by atoms with van der Waals surface area (Å²) in [5, 5.41) is 0. The number of ether oxygens (including phenoxy) is 8. The van der Waals surface area contributed by atoms with Gasteiger partial charge in [0, 0.05) is 25.2 Å². The Labute approximate surface area is 218 Å². The van der Waals surface area contributed by atoms with Crippen molar-refractivity contribution >= 4 is 24.2 Å². The molecule has 0 radical (unpaired) electrons. The third kappa shape index (κ3) is 29.0. The van der Waals surface area contributed by atoms with Crippen LogP contribution in [0.2, 0.25) is 0 Å². The molecule has 0 rings (SSSR count). The monoisotopic (exact) mass is 543 g/mol. The number of nitrogens with one attached hydrogen (secondary N) is 2. The summed E-state index contributed by atoms with van der Waals surface area (Å²) in [4.78, 5) is 22.6. The molecule has 0 spiro atoms. The Balaban J connectivity index is 3.14. The first-order valence-electron chi connectivity index (χ1n) is 12.0. The fourth-order valence-corrected chi connectivity index (χ4v) is 2.57. The fraction of sp³-hybridized carbons (Fsp3) is 0.909. The smallest absolute Gasteiger partial charge is 0.418 e. The molecule has 13 nitrogen and oxygen atoms in total. The van der Waals surface area contributed by atoms with Crippen LogP contribution in [0.5, 0.6) is 0 Å². The van der Waals surface area contributed by atoms with Crippen LogP contribution in [0.4, 0.5) is 4.79 Å². The maximum atomic E-state index is 11.5. The average Bonchev–Trinajstić information content (AvgIpc) is 2.82. The van der Waals surface area contributed by atoms with Crippen molar-refractivity contribution in [3.63, 3.8) is 0 Å². The van der Waals surface area contributed by atoms with Crippen LogP contribution in [0.15, 0.2) is 0 Å². The topological polar surface area (TPSA) is 158 Å². The van der Waals surface area contributed by atoms with Crippen molar-refractivity contribution < 1.29 is 47.5 Å². The van der Waals surface area contributed by atoms with Crippen molar-refractivity contribution in [2.45, 2.75) is 32.8 Å². The molecule has 0 aromatic rings. The third-order valence-electron chi connectivity index (χ3n) is 3.64. The molecule has 1 amide bonds. The van der Waals surface area contributed by atoms with Gasteiger partial charge in [0.15, 0.2) is 0 Å². The van der Waals surface area contributed by atoms with Crippen molar-refractivity contribution in [1.29, 1.82) is 0 Å². The van der Waals surface area contributed by atoms with E-state index in [0.717, 1.165) is 12.1 Å². The highest BCUT2D eigenvalue weighted by Gasteiger charge is 2.15. The zero-order valence-electron chi connectivity index (χ0n) is 21.9. The summed E-state index contributed by atoms with van der Waals surface area (Å²) >= 11 is 1.03. The number of amides is 1. The zero-order valence-corrected chi connectivity index (χ0v) is 22.7. The van der Waals surface area contributed by atoms with Crippen molar-refractivity contribution in [3.05, 3.63) is 0 Å². The first kappa shape index (κ1) is 34.8. The van der Waals surface area contributed by atoms with Gasteiger partial charge in [0.1, 0.15) is 12.2 Å². The Morgan fingerprint density at radius 2 is 1.14 bits per heavy atom. The molecule has 0 aliphatic rings. The summed E-state index contributed by atoms with van der Waals surface area (Å²) < 4.78 is 47.6. The number of hydrogen-bond acceptors (Lipinski definition) is 13. The molecule has 0 aromatic carbocycles. The van der Waals surface area contributed by atoms with Crippen LogP contribution >= 0.6 is 12.1 Å². The standard InChI is InChI=1S/C22H45N3O10S/c1-22(2,3)35-20(26)4-7-28-10-12-30-14-16-32-18-19-33-17-15-31-13-11-29-9-6-24-36-25-21(27)34-8-5-23/h24H,4-19,23H2,1-3H3,(H,25,27). The minimum absolute atomic E-state index is 0.184. The van der Waals surface area contributed by atoms with E-state index in [4.69, 9.17) is 43.6 Å². The van der Waals surface area contributed by atoms with E-state index in [1.165, 1.54) is 0 Å². The van der Waals surface area contributed by atoms with Gasteiger partial charge in [0.25, 0.3) is 0 Å². The van der Waals surface area contributed by atoms with E-state index in [-0.39, 0.29) is 25.5 Å². The molecule has 4 N–H and O–H groups in total. The Bertz CT molecular complexity index is 527. The molecule has 36 heavy (non-hydrogen) atoms. The van der Waals surface area contributed by atoms with Gasteiger partial charge < -0.3 is 43.6 Å². The SMILES string of the molecule is CC(C)(C)OC(=O)CCOCCOCCOCCOCCOCCOCCNSNC(=O)OCCN. The Kier molecular flexibility index (Phi) is 24.6. The first-order valence-corrected chi connectivity index (χ1v) is 12.9. The minimum atomic E-state index is -0.540. The van der Waals surface area contributed by atoms with E-state index in [0.29, 0.717) is 85.8 Å². The number of carbonyl (C=O) groups excluding carboxylic acids is 2. The van der Waals surface area contributed by atoms with Crippen molar-refractivity contribution in [2.75, 3.05) is 99.0 Å². The molecule has 0 unspecified atom stereocenters. The summed E-state index contributed by atoms with van der Waals surface area (Å²) in [7, 11) is 0. The summed E-state index contributed by atoms with van der Waals surface area (Å²) in [5.74, 6) is -0.269. The summed E-state index contributed by atoms with van der Waals surface area (Å²) in [6.07, 6.45) is -0.311. The molecule has 0 fully saturated rings. The predicted octanol–water partition coefficient (Wildman–Crippen LogP) is 0.656. The molecule has 14 heteroatoms. The van der Waals surface area contributed by atoms with Crippen LogP contribution in [0.3, 0.4) is 0 Å². The Morgan fingerprint density at radius 3 is 1.58 bits per heavy atom. The van der Waals surface area contributed by atoms with E-state index in [2.05, 4.69) is 9.44 Å². The molecular formula is C22H45N3O10S. The number of esters is 1. The number of rotatable bonds is 25. The molecule has 0 atom stereocenters. The molecule has 214 valence electrons. The highest BCUT2D eigenvalue weighted by atomic mass is 32.2. The van der Waals surface area contributed by atoms with E-state index in [1.807, 2.05) is 20.8 Å². The Hall–Kier alpha value is -1.23. The second-order valence-electron chi connectivity index (χ2n) is 8.03. The molecular weight excluding hydrogens is 498 g/mol. The minimum Gasteiger partial charge on any atom is -0.460 e. The van der Waals surface area contributed by atoms with Gasteiger partial charge in [0.2, 0.25) is 0 Å². The van der Waals surface area contributed by atoms with Gasteiger partial charge in [-0.1, -0.05) is 0 Å². The van der Waals surface area contributed by atoms with E-state index >= 15 is 0 Å². The Morgan fingerprint density at radius 1 is 0.694 bits per heavy atom. The predicted molar refractivity (Wildman–Crippen MR) is 135 cm³/mol. The second-order valence-corrected chi connectivity index (χ2v) is 8.73. The first-order chi connectivity index (χ1) is 17.3. The lowest BCUT2D eigenvalue weighted by atomic mass is 10.2. The van der Waals surface area contributed by atoms with Crippen molar-refractivity contribution in [3.8, 4) is 0 Å². The normalized spacial score (nSPS) is 11.4. The van der Waals surface area contributed by atoms with Gasteiger partial charge in [-0.05, 0) is 20.8 Å². The average molecular weight is 544 g/mol. The van der Waals surface area contributed by atoms with Crippen LogP contribution in [-0.2, 0) is 42.7 Å².